The predicted molar refractivity (Wildman–Crippen MR) is 128 cm³/mol. The van der Waals surface area contributed by atoms with Gasteiger partial charge in [-0.05, 0) is 50.2 Å². The number of halogens is 1. The first kappa shape index (κ1) is 23.2. The lowest BCUT2D eigenvalue weighted by atomic mass is 10.1. The fraction of sp³-hybridized carbons (Fsp3) is 0.304. The Morgan fingerprint density at radius 2 is 1.73 bits per heavy atom. The molecular formula is C23H24ClN5O3S. The first-order chi connectivity index (χ1) is 15.8. The molecule has 172 valence electrons. The number of carbonyl (C=O) groups excluding carboxylic acids is 2. The van der Waals surface area contributed by atoms with Crippen LogP contribution in [0.25, 0.3) is 5.69 Å². The van der Waals surface area contributed by atoms with Crippen molar-refractivity contribution in [1.29, 1.82) is 0 Å². The summed E-state index contributed by atoms with van der Waals surface area (Å²) in [4.78, 5) is 44.1. The number of rotatable bonds is 6. The number of likely N-dealkylation sites (tertiary alicyclic amines) is 1. The number of aromatic nitrogens is 2. The van der Waals surface area contributed by atoms with Crippen molar-refractivity contribution >= 4 is 34.8 Å². The average molecular weight is 486 g/mol. The largest absolute Gasteiger partial charge is 0.346 e. The Labute approximate surface area is 200 Å². The van der Waals surface area contributed by atoms with Gasteiger partial charge in [-0.1, -0.05) is 11.6 Å². The number of nitrogens with one attached hydrogen (secondary N) is 2. The molecule has 0 aliphatic carbocycles. The minimum absolute atomic E-state index is 0.200. The van der Waals surface area contributed by atoms with E-state index in [9.17, 15) is 14.4 Å². The van der Waals surface area contributed by atoms with Gasteiger partial charge >= 0.3 is 0 Å². The van der Waals surface area contributed by atoms with Gasteiger partial charge in [-0.15, -0.1) is 11.3 Å². The van der Waals surface area contributed by atoms with Gasteiger partial charge in [-0.25, -0.2) is 0 Å². The van der Waals surface area contributed by atoms with Crippen molar-refractivity contribution in [2.75, 3.05) is 13.1 Å². The van der Waals surface area contributed by atoms with E-state index in [1.807, 2.05) is 0 Å². The van der Waals surface area contributed by atoms with Crippen LogP contribution in [0.3, 0.4) is 0 Å². The van der Waals surface area contributed by atoms with Gasteiger partial charge in [0, 0.05) is 42.8 Å². The predicted octanol–water partition coefficient (Wildman–Crippen LogP) is 2.57. The Balaban J connectivity index is 1.46. The molecule has 0 radical (unpaired) electrons. The number of benzene rings is 1. The van der Waals surface area contributed by atoms with Gasteiger partial charge in [0.25, 0.3) is 17.4 Å². The van der Waals surface area contributed by atoms with Crippen LogP contribution in [-0.4, -0.2) is 57.5 Å². The fourth-order valence-electron chi connectivity index (χ4n) is 3.81. The molecule has 10 heteroatoms. The maximum Gasteiger partial charge on any atom is 0.273 e. The number of thiophene rings is 1. The van der Waals surface area contributed by atoms with Gasteiger partial charge < -0.3 is 10.6 Å². The highest BCUT2D eigenvalue weighted by Crippen LogP contribution is 2.22. The summed E-state index contributed by atoms with van der Waals surface area (Å²) in [6.45, 7) is 5.44. The van der Waals surface area contributed by atoms with Crippen LogP contribution in [0.2, 0.25) is 4.34 Å². The van der Waals surface area contributed by atoms with Crippen LogP contribution in [0.4, 0.5) is 0 Å². The molecule has 1 saturated heterocycles. The topological polar surface area (TPSA) is 96.3 Å². The van der Waals surface area contributed by atoms with Crippen molar-refractivity contribution in [3.63, 3.8) is 0 Å². The SMILES string of the molecule is CC(C)N1C[C@@H](NC(=O)c2ccc(-n3ccncc3=O)cc2)[C@H](NC(=O)c2ccc(Cl)s2)C1. The third kappa shape index (κ3) is 5.32. The molecule has 1 aliphatic rings. The first-order valence-electron chi connectivity index (χ1n) is 10.6. The molecule has 0 spiro atoms. The van der Waals surface area contributed by atoms with E-state index < -0.39 is 0 Å². The third-order valence-corrected chi connectivity index (χ3v) is 6.87. The van der Waals surface area contributed by atoms with Crippen molar-refractivity contribution in [3.05, 3.63) is 80.1 Å². The number of carbonyl (C=O) groups is 2. The van der Waals surface area contributed by atoms with Gasteiger partial charge in [0.1, 0.15) is 0 Å². The molecular weight excluding hydrogens is 462 g/mol. The smallest absolute Gasteiger partial charge is 0.273 e. The number of hydrogen-bond donors (Lipinski definition) is 2. The van der Waals surface area contributed by atoms with E-state index in [1.165, 1.54) is 28.3 Å². The van der Waals surface area contributed by atoms with E-state index in [0.717, 1.165) is 0 Å². The molecule has 0 bridgehead atoms. The average Bonchev–Trinajstić information content (AvgIpc) is 3.41. The summed E-state index contributed by atoms with van der Waals surface area (Å²) >= 11 is 7.18. The summed E-state index contributed by atoms with van der Waals surface area (Å²) in [6.07, 6.45) is 4.34. The van der Waals surface area contributed by atoms with Crippen molar-refractivity contribution in [2.24, 2.45) is 0 Å². The van der Waals surface area contributed by atoms with Crippen LogP contribution in [0.1, 0.15) is 33.9 Å². The maximum absolute atomic E-state index is 13.0. The lowest BCUT2D eigenvalue weighted by Gasteiger charge is -2.21. The minimum atomic E-state index is -0.250. The number of hydrogen-bond acceptors (Lipinski definition) is 6. The monoisotopic (exact) mass is 485 g/mol. The van der Waals surface area contributed by atoms with E-state index in [-0.39, 0.29) is 35.5 Å². The third-order valence-electron chi connectivity index (χ3n) is 5.64. The van der Waals surface area contributed by atoms with Crippen LogP contribution in [0, 0.1) is 0 Å². The zero-order chi connectivity index (χ0) is 23.5. The summed E-state index contributed by atoms with van der Waals surface area (Å²) in [5.74, 6) is -0.438. The molecule has 2 N–H and O–H groups in total. The van der Waals surface area contributed by atoms with E-state index in [2.05, 4.69) is 34.4 Å². The van der Waals surface area contributed by atoms with Crippen LogP contribution >= 0.6 is 22.9 Å². The standard InChI is InChI=1S/C23H24ClN5O3S/c1-14(2)28-12-17(18(13-28)27-23(32)19-7-8-20(24)33-19)26-22(31)15-3-5-16(6-4-15)29-10-9-25-11-21(29)30/h3-11,14,17-18H,12-13H2,1-2H3,(H,26,31)(H,27,32)/t17-,18-/m1/s1. The maximum atomic E-state index is 13.0. The molecule has 0 saturated carbocycles. The number of amides is 2. The molecule has 2 amide bonds. The van der Waals surface area contributed by atoms with E-state index in [0.29, 0.717) is 33.6 Å². The Hall–Kier alpha value is -3.01. The Kier molecular flexibility index (Phi) is 6.92. The molecule has 1 aromatic carbocycles. The minimum Gasteiger partial charge on any atom is -0.346 e. The Morgan fingerprint density at radius 3 is 2.30 bits per heavy atom. The van der Waals surface area contributed by atoms with Gasteiger partial charge in [0.2, 0.25) is 0 Å². The van der Waals surface area contributed by atoms with Crippen LogP contribution in [0.15, 0.2) is 59.8 Å². The molecule has 3 aromatic rings. The Bertz CT molecular complexity index is 1210. The highest BCUT2D eigenvalue weighted by Gasteiger charge is 2.36. The van der Waals surface area contributed by atoms with Crippen LogP contribution < -0.4 is 16.2 Å². The zero-order valence-corrected chi connectivity index (χ0v) is 19.8. The van der Waals surface area contributed by atoms with Crippen molar-refractivity contribution < 1.29 is 9.59 Å². The molecule has 4 rings (SSSR count). The molecule has 0 unspecified atom stereocenters. The zero-order valence-electron chi connectivity index (χ0n) is 18.2. The van der Waals surface area contributed by atoms with E-state index >= 15 is 0 Å². The second-order valence-electron chi connectivity index (χ2n) is 8.14. The molecule has 2 atom stereocenters. The highest BCUT2D eigenvalue weighted by atomic mass is 35.5. The highest BCUT2D eigenvalue weighted by molar-refractivity contribution is 7.18. The lowest BCUT2D eigenvalue weighted by molar-refractivity contribution is 0.0898. The summed E-state index contributed by atoms with van der Waals surface area (Å²) in [5.41, 5.74) is 0.865. The first-order valence-corrected chi connectivity index (χ1v) is 11.8. The van der Waals surface area contributed by atoms with Crippen LogP contribution in [0.5, 0.6) is 0 Å². The van der Waals surface area contributed by atoms with Crippen LogP contribution in [-0.2, 0) is 0 Å². The van der Waals surface area contributed by atoms with Crippen molar-refractivity contribution in [1.82, 2.24) is 25.1 Å². The van der Waals surface area contributed by atoms with Gasteiger partial charge in [0.05, 0.1) is 27.5 Å². The molecule has 3 heterocycles. The quantitative estimate of drug-likeness (QED) is 0.559. The van der Waals surface area contributed by atoms with E-state index in [1.54, 1.807) is 42.6 Å². The van der Waals surface area contributed by atoms with E-state index in [4.69, 9.17) is 11.6 Å². The summed E-state index contributed by atoms with van der Waals surface area (Å²) in [7, 11) is 0. The Morgan fingerprint density at radius 1 is 1.06 bits per heavy atom. The summed E-state index contributed by atoms with van der Waals surface area (Å²) in [6, 6.07) is 9.96. The molecule has 2 aromatic heterocycles. The second kappa shape index (κ2) is 9.86. The van der Waals surface area contributed by atoms with Gasteiger partial charge in [0.15, 0.2) is 0 Å². The van der Waals surface area contributed by atoms with Crippen molar-refractivity contribution in [2.45, 2.75) is 32.0 Å². The molecule has 8 nitrogen and oxygen atoms in total. The second-order valence-corrected chi connectivity index (χ2v) is 9.86. The number of nitrogens with zero attached hydrogens (tertiary/aromatic N) is 3. The molecule has 1 aliphatic heterocycles. The summed E-state index contributed by atoms with van der Waals surface area (Å²) < 4.78 is 2.01. The van der Waals surface area contributed by atoms with Gasteiger partial charge in [-0.3, -0.25) is 28.8 Å². The lowest BCUT2D eigenvalue weighted by Crippen LogP contribution is -2.50. The normalized spacial score (nSPS) is 18.4. The van der Waals surface area contributed by atoms with Crippen molar-refractivity contribution in [3.8, 4) is 5.69 Å². The molecule has 1 fully saturated rings. The van der Waals surface area contributed by atoms with Gasteiger partial charge in [-0.2, -0.15) is 0 Å². The molecule has 33 heavy (non-hydrogen) atoms. The fourth-order valence-corrected chi connectivity index (χ4v) is 4.76. The summed E-state index contributed by atoms with van der Waals surface area (Å²) in [5, 5.41) is 6.12.